The average Bonchev–Trinajstić information content (AvgIpc) is 2.92. The minimum atomic E-state index is 0.0753. The molecule has 1 aromatic rings. The zero-order chi connectivity index (χ0) is 13.5. The maximum absolute atomic E-state index is 11.7. The van der Waals surface area contributed by atoms with Gasteiger partial charge in [-0.25, -0.2) is 0 Å². The summed E-state index contributed by atoms with van der Waals surface area (Å²) >= 11 is 0. The molecule has 2 rings (SSSR count). The third kappa shape index (κ3) is 4.52. The normalized spacial score (nSPS) is 17.6. The number of aliphatic hydroxyl groups is 1. The summed E-state index contributed by atoms with van der Waals surface area (Å²) in [5.41, 5.74) is 2.10. The van der Waals surface area contributed by atoms with Crippen molar-refractivity contribution >= 4 is 5.91 Å². The molecule has 1 aliphatic carbocycles. The Kier molecular flexibility index (Phi) is 5.16. The molecular formula is C16H21NO2. The number of allylic oxidation sites excluding steroid dienone is 2. The van der Waals surface area contributed by atoms with Crippen LogP contribution in [0.1, 0.15) is 30.4 Å². The number of rotatable bonds is 6. The van der Waals surface area contributed by atoms with Crippen molar-refractivity contribution in [2.45, 2.75) is 32.3 Å². The Labute approximate surface area is 114 Å². The molecule has 2 N–H and O–H groups in total. The van der Waals surface area contributed by atoms with Crippen LogP contribution >= 0.6 is 0 Å². The second-order valence-corrected chi connectivity index (χ2v) is 5.04. The first-order valence-electron chi connectivity index (χ1n) is 6.90. The lowest BCUT2D eigenvalue weighted by molar-refractivity contribution is -0.121. The second kappa shape index (κ2) is 7.10. The lowest BCUT2D eigenvalue weighted by atomic mass is 10.0. The molecule has 102 valence electrons. The van der Waals surface area contributed by atoms with E-state index in [0.717, 1.165) is 24.8 Å². The fraction of sp³-hybridized carbons (Fsp3) is 0.438. The summed E-state index contributed by atoms with van der Waals surface area (Å²) in [4.78, 5) is 11.7. The van der Waals surface area contributed by atoms with Crippen LogP contribution in [0.25, 0.3) is 0 Å². The van der Waals surface area contributed by atoms with Crippen molar-refractivity contribution in [3.63, 3.8) is 0 Å². The summed E-state index contributed by atoms with van der Waals surface area (Å²) in [6.07, 6.45) is 7.96. The highest BCUT2D eigenvalue weighted by atomic mass is 16.3. The number of amides is 1. The summed E-state index contributed by atoms with van der Waals surface area (Å²) < 4.78 is 0. The van der Waals surface area contributed by atoms with Crippen molar-refractivity contribution in [2.75, 3.05) is 6.54 Å². The molecule has 0 saturated heterocycles. The smallest absolute Gasteiger partial charge is 0.220 e. The summed E-state index contributed by atoms with van der Waals surface area (Å²) in [7, 11) is 0. The monoisotopic (exact) mass is 259 g/mol. The van der Waals surface area contributed by atoms with E-state index in [1.807, 2.05) is 24.3 Å². The standard InChI is InChI=1S/C16H21NO2/c18-12-15-7-5-13(6-8-15)9-10-17-16(19)11-14-3-1-2-4-14/h1,3,5-8,14,18H,2,4,9-12H2,(H,17,19). The lowest BCUT2D eigenvalue weighted by Gasteiger charge is -2.09. The molecule has 0 radical (unpaired) electrons. The van der Waals surface area contributed by atoms with Crippen molar-refractivity contribution in [2.24, 2.45) is 5.92 Å². The van der Waals surface area contributed by atoms with Crippen LogP contribution < -0.4 is 5.32 Å². The fourth-order valence-electron chi connectivity index (χ4n) is 2.33. The van der Waals surface area contributed by atoms with Gasteiger partial charge < -0.3 is 10.4 Å². The summed E-state index contributed by atoms with van der Waals surface area (Å²) in [5.74, 6) is 0.576. The van der Waals surface area contributed by atoms with Gasteiger partial charge in [-0.05, 0) is 36.3 Å². The molecule has 1 aliphatic rings. The molecule has 0 bridgehead atoms. The second-order valence-electron chi connectivity index (χ2n) is 5.04. The van der Waals surface area contributed by atoms with E-state index in [-0.39, 0.29) is 12.5 Å². The van der Waals surface area contributed by atoms with Crippen LogP contribution in [-0.4, -0.2) is 17.6 Å². The molecule has 1 atom stereocenters. The van der Waals surface area contributed by atoms with E-state index in [1.165, 1.54) is 5.56 Å². The molecule has 1 amide bonds. The first kappa shape index (κ1) is 13.8. The minimum absolute atomic E-state index is 0.0753. The third-order valence-electron chi connectivity index (χ3n) is 3.50. The predicted octanol–water partition coefficient (Wildman–Crippen LogP) is 2.19. The van der Waals surface area contributed by atoms with Crippen LogP contribution in [-0.2, 0) is 17.8 Å². The van der Waals surface area contributed by atoms with Crippen LogP contribution in [0.2, 0.25) is 0 Å². The highest BCUT2D eigenvalue weighted by Crippen LogP contribution is 2.19. The average molecular weight is 259 g/mol. The van der Waals surface area contributed by atoms with Crippen molar-refractivity contribution in [3.8, 4) is 0 Å². The Morgan fingerprint density at radius 1 is 1.26 bits per heavy atom. The van der Waals surface area contributed by atoms with E-state index < -0.39 is 0 Å². The first-order valence-corrected chi connectivity index (χ1v) is 6.90. The number of aliphatic hydroxyl groups excluding tert-OH is 1. The summed E-state index contributed by atoms with van der Waals surface area (Å²) in [5, 5.41) is 11.9. The van der Waals surface area contributed by atoms with Crippen LogP contribution in [0.15, 0.2) is 36.4 Å². The maximum atomic E-state index is 11.7. The Hall–Kier alpha value is -1.61. The molecule has 1 unspecified atom stereocenters. The van der Waals surface area contributed by atoms with E-state index in [4.69, 9.17) is 5.11 Å². The van der Waals surface area contributed by atoms with E-state index in [1.54, 1.807) is 0 Å². The van der Waals surface area contributed by atoms with Crippen LogP contribution in [0.3, 0.4) is 0 Å². The molecule has 19 heavy (non-hydrogen) atoms. The minimum Gasteiger partial charge on any atom is -0.392 e. The Bertz CT molecular complexity index is 437. The van der Waals surface area contributed by atoms with Crippen molar-refractivity contribution in [1.82, 2.24) is 5.32 Å². The van der Waals surface area contributed by atoms with Gasteiger partial charge in [0.15, 0.2) is 0 Å². The van der Waals surface area contributed by atoms with Gasteiger partial charge >= 0.3 is 0 Å². The maximum Gasteiger partial charge on any atom is 0.220 e. The lowest BCUT2D eigenvalue weighted by Crippen LogP contribution is -2.26. The highest BCUT2D eigenvalue weighted by Gasteiger charge is 2.13. The van der Waals surface area contributed by atoms with Crippen molar-refractivity contribution in [3.05, 3.63) is 47.5 Å². The molecule has 0 fully saturated rings. The molecule has 3 nitrogen and oxygen atoms in total. The molecule has 3 heteroatoms. The van der Waals surface area contributed by atoms with Gasteiger partial charge in [-0.3, -0.25) is 4.79 Å². The Balaban J connectivity index is 1.67. The predicted molar refractivity (Wildman–Crippen MR) is 75.6 cm³/mol. The van der Waals surface area contributed by atoms with Gasteiger partial charge in [0.1, 0.15) is 0 Å². The molecule has 0 aromatic heterocycles. The van der Waals surface area contributed by atoms with E-state index in [2.05, 4.69) is 17.5 Å². The van der Waals surface area contributed by atoms with E-state index >= 15 is 0 Å². The zero-order valence-corrected chi connectivity index (χ0v) is 11.1. The van der Waals surface area contributed by atoms with E-state index in [0.29, 0.717) is 18.9 Å². The fourth-order valence-corrected chi connectivity index (χ4v) is 2.33. The summed E-state index contributed by atoms with van der Waals surface area (Å²) in [6.45, 7) is 0.750. The van der Waals surface area contributed by atoms with Gasteiger partial charge in [0, 0.05) is 13.0 Å². The number of hydrogen-bond donors (Lipinski definition) is 2. The first-order chi connectivity index (χ1) is 9.28. The van der Waals surface area contributed by atoms with Gasteiger partial charge in [0.05, 0.1) is 6.61 Å². The zero-order valence-electron chi connectivity index (χ0n) is 11.1. The largest absolute Gasteiger partial charge is 0.392 e. The summed E-state index contributed by atoms with van der Waals surface area (Å²) in [6, 6.07) is 7.83. The molecule has 0 spiro atoms. The van der Waals surface area contributed by atoms with Gasteiger partial charge in [0.25, 0.3) is 0 Å². The number of carbonyl (C=O) groups excluding carboxylic acids is 1. The molecule has 0 aliphatic heterocycles. The molecule has 1 aromatic carbocycles. The number of hydrogen-bond acceptors (Lipinski definition) is 2. The van der Waals surface area contributed by atoms with Gasteiger partial charge in [-0.2, -0.15) is 0 Å². The van der Waals surface area contributed by atoms with Crippen LogP contribution in [0.4, 0.5) is 0 Å². The van der Waals surface area contributed by atoms with Crippen molar-refractivity contribution in [1.29, 1.82) is 0 Å². The topological polar surface area (TPSA) is 49.3 Å². The molecule has 0 saturated carbocycles. The Morgan fingerprint density at radius 3 is 2.63 bits per heavy atom. The Morgan fingerprint density at radius 2 is 2.00 bits per heavy atom. The van der Waals surface area contributed by atoms with Crippen LogP contribution in [0.5, 0.6) is 0 Å². The quantitative estimate of drug-likeness (QED) is 0.769. The highest BCUT2D eigenvalue weighted by molar-refractivity contribution is 5.76. The van der Waals surface area contributed by atoms with Gasteiger partial charge in [-0.1, -0.05) is 36.4 Å². The molecule has 0 heterocycles. The number of carbonyl (C=O) groups is 1. The van der Waals surface area contributed by atoms with Gasteiger partial charge in [-0.15, -0.1) is 0 Å². The molecular weight excluding hydrogens is 238 g/mol. The number of nitrogens with one attached hydrogen (secondary N) is 1. The van der Waals surface area contributed by atoms with E-state index in [9.17, 15) is 4.79 Å². The number of benzene rings is 1. The van der Waals surface area contributed by atoms with Crippen molar-refractivity contribution < 1.29 is 9.90 Å². The SMILES string of the molecule is O=C(CC1C=CCC1)NCCc1ccc(CO)cc1. The third-order valence-corrected chi connectivity index (χ3v) is 3.50. The van der Waals surface area contributed by atoms with Gasteiger partial charge in [0.2, 0.25) is 5.91 Å². The van der Waals surface area contributed by atoms with Crippen LogP contribution in [0, 0.1) is 5.92 Å².